The zero-order valence-electron chi connectivity index (χ0n) is 16.9. The van der Waals surface area contributed by atoms with Gasteiger partial charge in [-0.15, -0.1) is 0 Å². The van der Waals surface area contributed by atoms with Crippen molar-refractivity contribution in [3.05, 3.63) is 29.8 Å². The summed E-state index contributed by atoms with van der Waals surface area (Å²) in [6, 6.07) is 5.93. The van der Waals surface area contributed by atoms with Crippen LogP contribution in [0.2, 0.25) is 0 Å². The summed E-state index contributed by atoms with van der Waals surface area (Å²) >= 11 is 0. The second-order valence-corrected chi connectivity index (χ2v) is 7.91. The molecule has 7 heteroatoms. The molecule has 2 aromatic rings. The third-order valence-corrected chi connectivity index (χ3v) is 4.17. The first-order valence-corrected chi connectivity index (χ1v) is 9.27. The van der Waals surface area contributed by atoms with Crippen molar-refractivity contribution >= 4 is 29.0 Å². The lowest BCUT2D eigenvalue weighted by molar-refractivity contribution is -0.124. The lowest BCUT2D eigenvalue weighted by Crippen LogP contribution is -2.32. The molecule has 0 radical (unpaired) electrons. The summed E-state index contributed by atoms with van der Waals surface area (Å²) in [7, 11) is 4.18. The van der Waals surface area contributed by atoms with Gasteiger partial charge < -0.3 is 14.8 Å². The largest absolute Gasteiger partial charge is 0.356 e. The van der Waals surface area contributed by atoms with Gasteiger partial charge in [0.2, 0.25) is 5.95 Å². The fourth-order valence-electron chi connectivity index (χ4n) is 3.33. The van der Waals surface area contributed by atoms with Crippen molar-refractivity contribution in [1.29, 1.82) is 0 Å². The Morgan fingerprint density at radius 2 is 2.11 bits per heavy atom. The molecule has 0 spiro atoms. The van der Waals surface area contributed by atoms with Crippen molar-refractivity contribution in [3.63, 3.8) is 0 Å². The number of amides is 1. The molecular formula is C20H31N5O2. The molecule has 0 bridgehead atoms. The maximum Gasteiger partial charge on any atom is 0.267 e. The molecule has 0 unspecified atom stereocenters. The van der Waals surface area contributed by atoms with Crippen molar-refractivity contribution in [1.82, 2.24) is 19.9 Å². The fourth-order valence-corrected chi connectivity index (χ4v) is 3.33. The normalized spacial score (nSPS) is 12.3. The maximum atomic E-state index is 11.2. The summed E-state index contributed by atoms with van der Waals surface area (Å²) in [5.74, 6) is 0.310. The van der Waals surface area contributed by atoms with Crippen LogP contribution >= 0.6 is 0 Å². The molecule has 0 saturated heterocycles. The Labute approximate surface area is 161 Å². The molecule has 7 nitrogen and oxygen atoms in total. The number of hydrogen-bond donors (Lipinski definition) is 3. The minimum absolute atomic E-state index is 0.0809. The molecule has 1 aromatic heterocycles. The van der Waals surface area contributed by atoms with Crippen LogP contribution in [0.3, 0.4) is 0 Å². The molecule has 0 saturated carbocycles. The number of hydrogen-bond acceptors (Lipinski definition) is 5. The third-order valence-electron chi connectivity index (χ3n) is 4.17. The number of carbonyl (C=O) groups is 1. The van der Waals surface area contributed by atoms with E-state index in [1.54, 1.807) is 11.6 Å². The van der Waals surface area contributed by atoms with Gasteiger partial charge >= 0.3 is 0 Å². The molecule has 0 aliphatic carbocycles. The zero-order chi connectivity index (χ0) is 20.0. The first-order chi connectivity index (χ1) is 12.8. The number of hydroxylamine groups is 1. The van der Waals surface area contributed by atoms with Crippen molar-refractivity contribution in [3.8, 4) is 0 Å². The average Bonchev–Trinajstić information content (AvgIpc) is 2.92. The van der Waals surface area contributed by atoms with Crippen molar-refractivity contribution < 1.29 is 10.0 Å². The molecular weight excluding hydrogens is 342 g/mol. The van der Waals surface area contributed by atoms with Gasteiger partial charge in [0.15, 0.2) is 0 Å². The number of aromatic nitrogens is 2. The predicted molar refractivity (Wildman–Crippen MR) is 110 cm³/mol. The lowest BCUT2D eigenvalue weighted by atomic mass is 9.92. The van der Waals surface area contributed by atoms with Crippen LogP contribution < -0.4 is 10.8 Å². The Kier molecular flexibility index (Phi) is 6.98. The third kappa shape index (κ3) is 5.80. The smallest absolute Gasteiger partial charge is 0.267 e. The molecule has 148 valence electrons. The highest BCUT2D eigenvalue weighted by atomic mass is 16.5. The highest BCUT2D eigenvalue weighted by Crippen LogP contribution is 2.27. The van der Waals surface area contributed by atoms with Crippen molar-refractivity contribution in [2.75, 3.05) is 32.5 Å². The average molecular weight is 374 g/mol. The van der Waals surface area contributed by atoms with E-state index in [4.69, 9.17) is 10.2 Å². The highest BCUT2D eigenvalue weighted by Gasteiger charge is 2.23. The van der Waals surface area contributed by atoms with Gasteiger partial charge in [0, 0.05) is 25.7 Å². The minimum atomic E-state index is -0.559. The van der Waals surface area contributed by atoms with Gasteiger partial charge in [-0.3, -0.25) is 10.0 Å². The summed E-state index contributed by atoms with van der Waals surface area (Å²) in [5.41, 5.74) is 4.46. The second-order valence-electron chi connectivity index (χ2n) is 7.91. The molecule has 2 rings (SSSR count). The van der Waals surface area contributed by atoms with E-state index in [1.807, 2.05) is 18.2 Å². The van der Waals surface area contributed by atoms with Crippen LogP contribution in [-0.4, -0.2) is 52.8 Å². The minimum Gasteiger partial charge on any atom is -0.356 e. The molecule has 0 atom stereocenters. The van der Waals surface area contributed by atoms with Gasteiger partial charge in [-0.1, -0.05) is 26.8 Å². The van der Waals surface area contributed by atoms with E-state index >= 15 is 0 Å². The first kappa shape index (κ1) is 20.9. The number of fused-ring (bicyclic) bond motifs is 1. The van der Waals surface area contributed by atoms with E-state index in [0.29, 0.717) is 0 Å². The summed E-state index contributed by atoms with van der Waals surface area (Å²) in [6.07, 6.45) is 3.96. The lowest BCUT2D eigenvalue weighted by Gasteiger charge is -2.29. The second kappa shape index (κ2) is 9.01. The number of nitrogens with zero attached hydrogens (tertiary/aromatic N) is 3. The van der Waals surface area contributed by atoms with Gasteiger partial charge in [0.1, 0.15) is 0 Å². The Morgan fingerprint density at radius 1 is 1.37 bits per heavy atom. The van der Waals surface area contributed by atoms with Crippen LogP contribution in [0, 0.1) is 5.41 Å². The molecule has 1 heterocycles. The van der Waals surface area contributed by atoms with Crippen LogP contribution in [0.25, 0.3) is 17.1 Å². The van der Waals surface area contributed by atoms with E-state index in [0.717, 1.165) is 48.6 Å². The van der Waals surface area contributed by atoms with E-state index in [2.05, 4.69) is 49.7 Å². The Hall–Kier alpha value is -2.38. The summed E-state index contributed by atoms with van der Waals surface area (Å²) in [6.45, 7) is 9.32. The zero-order valence-corrected chi connectivity index (χ0v) is 16.9. The van der Waals surface area contributed by atoms with E-state index < -0.39 is 5.91 Å². The summed E-state index contributed by atoms with van der Waals surface area (Å²) in [5, 5.41) is 12.0. The molecule has 0 aliphatic rings. The molecule has 0 aliphatic heterocycles. The van der Waals surface area contributed by atoms with Gasteiger partial charge in [0.05, 0.1) is 11.0 Å². The Bertz CT molecular complexity index is 808. The van der Waals surface area contributed by atoms with Gasteiger partial charge in [-0.2, -0.15) is 0 Å². The Morgan fingerprint density at radius 3 is 2.74 bits per heavy atom. The topological polar surface area (TPSA) is 82.4 Å². The molecule has 27 heavy (non-hydrogen) atoms. The molecule has 3 N–H and O–H groups in total. The van der Waals surface area contributed by atoms with Crippen LogP contribution in [0.5, 0.6) is 0 Å². The molecule has 1 amide bonds. The van der Waals surface area contributed by atoms with Crippen LogP contribution in [0.15, 0.2) is 24.3 Å². The van der Waals surface area contributed by atoms with E-state index in [9.17, 15) is 4.79 Å². The fraction of sp³-hybridized carbons (Fsp3) is 0.500. The van der Waals surface area contributed by atoms with E-state index in [1.165, 1.54) is 6.08 Å². The standard InChI is InChI=1S/C20H31N5O2/c1-6-11-21-19-22-16-12-15(8-10-18(26)23-27)7-9-17(16)25(19)14-20(2,3)13-24(4)5/h7-10,12,27H,6,11,13-14H2,1-5H3,(H,21,22)(H,23,26)/b10-8+. The number of anilines is 1. The molecule has 0 fully saturated rings. The molecule has 1 aromatic carbocycles. The van der Waals surface area contributed by atoms with Gasteiger partial charge in [0.25, 0.3) is 5.91 Å². The van der Waals surface area contributed by atoms with Gasteiger partial charge in [-0.25, -0.2) is 10.5 Å². The number of carbonyl (C=O) groups excluding carboxylic acids is 1. The van der Waals surface area contributed by atoms with Crippen molar-refractivity contribution in [2.45, 2.75) is 33.7 Å². The SMILES string of the molecule is CCCNc1nc2cc(/C=C/C(=O)NO)ccc2n1CC(C)(C)CN(C)C. The van der Waals surface area contributed by atoms with Crippen LogP contribution in [0.4, 0.5) is 5.95 Å². The number of rotatable bonds is 9. The van der Waals surface area contributed by atoms with E-state index in [-0.39, 0.29) is 5.41 Å². The number of nitrogens with one attached hydrogen (secondary N) is 2. The van der Waals surface area contributed by atoms with Crippen LogP contribution in [0.1, 0.15) is 32.8 Å². The summed E-state index contributed by atoms with van der Waals surface area (Å²) < 4.78 is 2.24. The monoisotopic (exact) mass is 373 g/mol. The van der Waals surface area contributed by atoms with Gasteiger partial charge in [-0.05, 0) is 49.7 Å². The summed E-state index contributed by atoms with van der Waals surface area (Å²) in [4.78, 5) is 18.2. The maximum absolute atomic E-state index is 11.2. The first-order valence-electron chi connectivity index (χ1n) is 9.27. The highest BCUT2D eigenvalue weighted by molar-refractivity contribution is 5.91. The van der Waals surface area contributed by atoms with Crippen LogP contribution in [-0.2, 0) is 11.3 Å². The Balaban J connectivity index is 2.40. The predicted octanol–water partition coefficient (Wildman–Crippen LogP) is 2.96. The van der Waals surface area contributed by atoms with Crippen molar-refractivity contribution in [2.24, 2.45) is 5.41 Å². The quantitative estimate of drug-likeness (QED) is 0.358. The number of benzene rings is 1. The number of imidazole rings is 1.